The van der Waals surface area contributed by atoms with Crippen LogP contribution >= 0.6 is 23.5 Å². The summed E-state index contributed by atoms with van der Waals surface area (Å²) in [5.74, 6) is 0.722. The van der Waals surface area contributed by atoms with Gasteiger partial charge in [0.25, 0.3) is 10.5 Å². The second-order valence-electron chi connectivity index (χ2n) is 10.9. The first-order valence-corrected chi connectivity index (χ1v) is 17.1. The van der Waals surface area contributed by atoms with Crippen LogP contribution in [0.15, 0.2) is 97.1 Å². The minimum Gasteiger partial charge on any atom is -0.317 e. The normalized spacial score (nSPS) is 13.3. The molecule has 1 aliphatic heterocycles. The van der Waals surface area contributed by atoms with E-state index >= 15 is 0 Å². The molecule has 0 aliphatic carbocycles. The summed E-state index contributed by atoms with van der Waals surface area (Å²) < 4.78 is 0. The molecule has 0 radical (unpaired) electrons. The van der Waals surface area contributed by atoms with E-state index in [2.05, 4.69) is 17.6 Å². The van der Waals surface area contributed by atoms with Crippen LogP contribution in [0.2, 0.25) is 0 Å². The van der Waals surface area contributed by atoms with E-state index in [1.165, 1.54) is 33.3 Å². The molecule has 1 heterocycles. The van der Waals surface area contributed by atoms with Gasteiger partial charge in [-0.25, -0.2) is 19.4 Å². The van der Waals surface area contributed by atoms with Crippen molar-refractivity contribution < 1.29 is 19.2 Å². The van der Waals surface area contributed by atoms with Gasteiger partial charge in [0, 0.05) is 16.6 Å². The van der Waals surface area contributed by atoms with Gasteiger partial charge in [0.1, 0.15) is 0 Å². The number of hydrogen-bond acceptors (Lipinski definition) is 6. The number of imide groups is 2. The molecular weight excluding hydrogens is 617 g/mol. The van der Waals surface area contributed by atoms with Crippen molar-refractivity contribution in [3.63, 3.8) is 0 Å². The van der Waals surface area contributed by atoms with Crippen molar-refractivity contribution in [2.24, 2.45) is 0 Å². The fourth-order valence-electron chi connectivity index (χ4n) is 4.87. The molecule has 46 heavy (non-hydrogen) atoms. The number of carbonyl (C=O) groups is 4. The van der Waals surface area contributed by atoms with Crippen molar-refractivity contribution in [1.82, 2.24) is 0 Å². The fourth-order valence-corrected chi connectivity index (χ4v) is 6.03. The molecule has 1 atom stereocenters. The van der Waals surface area contributed by atoms with E-state index in [-0.39, 0.29) is 15.7 Å². The number of thioether (sulfide) groups is 2. The summed E-state index contributed by atoms with van der Waals surface area (Å²) in [6, 6.07) is 29.4. The fraction of sp³-hybridized carbons (Fsp3) is 0.222. The molecule has 0 saturated carbocycles. The molecule has 6 amide bonds. The highest BCUT2D eigenvalue weighted by molar-refractivity contribution is 8.14. The summed E-state index contributed by atoms with van der Waals surface area (Å²) in [6.45, 7) is 6.02. The number of carbonyl (C=O) groups excluding carboxylic acids is 4. The van der Waals surface area contributed by atoms with Crippen LogP contribution in [0.3, 0.4) is 0 Å². The van der Waals surface area contributed by atoms with Gasteiger partial charge in [-0.3, -0.25) is 9.59 Å². The minimum atomic E-state index is -0.395. The average Bonchev–Trinajstić information content (AvgIpc) is 3.05. The number of amides is 6. The quantitative estimate of drug-likeness (QED) is 0.167. The Labute approximate surface area is 277 Å². The lowest BCUT2D eigenvalue weighted by molar-refractivity contribution is 0.226. The Kier molecular flexibility index (Phi) is 10.8. The second kappa shape index (κ2) is 15.2. The van der Waals surface area contributed by atoms with Gasteiger partial charge in [-0.1, -0.05) is 92.8 Å². The van der Waals surface area contributed by atoms with Gasteiger partial charge in [0.05, 0.1) is 11.4 Å². The highest BCUT2D eigenvalue weighted by Crippen LogP contribution is 2.31. The molecular formula is C36H36N4O4S2. The van der Waals surface area contributed by atoms with Gasteiger partial charge in [-0.2, -0.15) is 0 Å². The second-order valence-corrected chi connectivity index (χ2v) is 13.6. The van der Waals surface area contributed by atoms with Gasteiger partial charge in [-0.15, -0.1) is 0 Å². The summed E-state index contributed by atoms with van der Waals surface area (Å²) in [7, 11) is 0. The maximum atomic E-state index is 13.0. The van der Waals surface area contributed by atoms with Crippen molar-refractivity contribution in [3.8, 4) is 0 Å². The van der Waals surface area contributed by atoms with Crippen LogP contribution in [0, 0.1) is 0 Å². The van der Waals surface area contributed by atoms with Gasteiger partial charge in [-0.05, 0) is 95.8 Å². The zero-order chi connectivity index (χ0) is 32.6. The number of hydrogen-bond donors (Lipinski definition) is 2. The third-order valence-corrected chi connectivity index (χ3v) is 9.23. The number of rotatable bonds is 11. The molecule has 0 aromatic heterocycles. The number of benzene rings is 4. The Balaban J connectivity index is 1.13. The third-order valence-electron chi connectivity index (χ3n) is 7.53. The van der Waals surface area contributed by atoms with Crippen molar-refractivity contribution in [2.75, 3.05) is 26.2 Å². The number of nitrogens with one attached hydrogen (secondary N) is 2. The lowest BCUT2D eigenvalue weighted by Gasteiger charge is -2.38. The Morgan fingerprint density at radius 2 is 0.978 bits per heavy atom. The Morgan fingerprint density at radius 3 is 1.35 bits per heavy atom. The number of nitrogens with zero attached hydrogens (tertiary/aromatic N) is 2. The third kappa shape index (κ3) is 8.18. The van der Waals surface area contributed by atoms with Gasteiger partial charge in [0.15, 0.2) is 0 Å². The predicted octanol–water partition coefficient (Wildman–Crippen LogP) is 9.78. The Bertz CT molecular complexity index is 1680. The molecule has 8 nitrogen and oxygen atoms in total. The van der Waals surface area contributed by atoms with Crippen LogP contribution in [-0.2, 0) is 12.8 Å². The summed E-state index contributed by atoms with van der Waals surface area (Å²) in [4.78, 5) is 52.3. The van der Waals surface area contributed by atoms with Crippen LogP contribution in [-0.4, -0.2) is 33.5 Å². The summed E-state index contributed by atoms with van der Waals surface area (Å²) >= 11 is 2.53. The summed E-state index contributed by atoms with van der Waals surface area (Å²) in [5, 5.41) is 5.91. The van der Waals surface area contributed by atoms with Crippen molar-refractivity contribution in [2.45, 2.75) is 45.3 Å². The van der Waals surface area contributed by atoms with Crippen molar-refractivity contribution >= 4 is 68.8 Å². The zero-order valence-corrected chi connectivity index (χ0v) is 27.6. The molecule has 0 bridgehead atoms. The summed E-state index contributed by atoms with van der Waals surface area (Å²) in [6.07, 6.45) is 2.29. The summed E-state index contributed by atoms with van der Waals surface area (Å²) in [5.41, 5.74) is 6.80. The van der Waals surface area contributed by atoms with E-state index in [0.29, 0.717) is 24.2 Å². The van der Waals surface area contributed by atoms with E-state index in [9.17, 15) is 19.2 Å². The first kappa shape index (κ1) is 32.8. The van der Waals surface area contributed by atoms with Gasteiger partial charge in [0.2, 0.25) is 0 Å². The maximum Gasteiger partial charge on any atom is 0.345 e. The van der Waals surface area contributed by atoms with Gasteiger partial charge < -0.3 is 10.6 Å². The minimum absolute atomic E-state index is 0.0588. The van der Waals surface area contributed by atoms with Crippen LogP contribution in [0.1, 0.15) is 49.4 Å². The Morgan fingerprint density at radius 1 is 0.609 bits per heavy atom. The molecule has 1 saturated heterocycles. The predicted molar refractivity (Wildman–Crippen MR) is 191 cm³/mol. The number of urea groups is 2. The first-order chi connectivity index (χ1) is 22.2. The molecule has 10 heteroatoms. The van der Waals surface area contributed by atoms with E-state index in [1.54, 1.807) is 24.3 Å². The topological polar surface area (TPSA) is 98.8 Å². The molecule has 4 aromatic carbocycles. The molecule has 0 spiro atoms. The first-order valence-electron chi connectivity index (χ1n) is 15.2. The monoisotopic (exact) mass is 652 g/mol. The molecule has 1 aliphatic rings. The van der Waals surface area contributed by atoms with Crippen LogP contribution in [0.5, 0.6) is 0 Å². The molecule has 4 aromatic rings. The van der Waals surface area contributed by atoms with Gasteiger partial charge >= 0.3 is 12.1 Å². The van der Waals surface area contributed by atoms with Crippen LogP contribution < -0.4 is 20.4 Å². The Hall–Kier alpha value is -4.54. The maximum absolute atomic E-state index is 13.0. The van der Waals surface area contributed by atoms with Crippen molar-refractivity contribution in [3.05, 3.63) is 119 Å². The van der Waals surface area contributed by atoms with Crippen LogP contribution in [0.4, 0.5) is 41.9 Å². The molecule has 5 rings (SSSR count). The lowest BCUT2D eigenvalue weighted by atomic mass is 10.0. The van der Waals surface area contributed by atoms with Crippen LogP contribution in [0.25, 0.3) is 0 Å². The highest BCUT2D eigenvalue weighted by atomic mass is 32.2. The standard InChI is InChI=1S/C36H36N4O4S2/c1-4-24(3)46-34(42)38-30-16-8-26(9-17-30)23-28-12-20-32(21-13-28)40-35(43)39(36(40)44)31-18-10-27(11-19-31)22-25-6-14-29(15-7-25)37-33(41)45-5-2/h6-21,24H,4-5,22-23H2,1-3H3,(H,37,41)(H,38,42). The molecule has 1 fully saturated rings. The van der Waals surface area contributed by atoms with E-state index in [4.69, 9.17) is 0 Å². The zero-order valence-electron chi connectivity index (χ0n) is 26.0. The largest absolute Gasteiger partial charge is 0.345 e. The van der Waals surface area contributed by atoms with E-state index in [0.717, 1.165) is 45.8 Å². The SMILES string of the molecule is CCSC(=O)Nc1ccc(Cc2ccc(N3C(=O)N(c4ccc(Cc5ccc(NC(=O)SC(C)CC)cc5)cc4)C3=O)cc2)cc1. The smallest absolute Gasteiger partial charge is 0.317 e. The molecule has 1 unspecified atom stereocenters. The molecule has 236 valence electrons. The van der Waals surface area contributed by atoms with E-state index < -0.39 is 12.1 Å². The highest BCUT2D eigenvalue weighted by Gasteiger charge is 2.45. The number of anilines is 4. The average molecular weight is 653 g/mol. The van der Waals surface area contributed by atoms with Crippen molar-refractivity contribution in [1.29, 1.82) is 0 Å². The molecule has 2 N–H and O–H groups in total. The van der Waals surface area contributed by atoms with E-state index in [1.807, 2.05) is 86.6 Å². The lowest BCUT2D eigenvalue weighted by Crippen LogP contribution is -2.64.